The Morgan fingerprint density at radius 3 is 2.29 bits per heavy atom. The molecule has 2 saturated heterocycles. The van der Waals surface area contributed by atoms with Gasteiger partial charge < -0.3 is 15.1 Å². The smallest absolute Gasteiger partial charge is 0.236 e. The molecule has 2 fully saturated rings. The number of rotatable bonds is 5. The van der Waals surface area contributed by atoms with Crippen molar-refractivity contribution < 1.29 is 9.59 Å². The Morgan fingerprint density at radius 1 is 1.12 bits per heavy atom. The van der Waals surface area contributed by atoms with Gasteiger partial charge in [-0.1, -0.05) is 0 Å². The number of nitrogens with one attached hydrogen (secondary N) is 1. The molecule has 0 aliphatic carbocycles. The molecule has 0 saturated carbocycles. The van der Waals surface area contributed by atoms with E-state index in [4.69, 9.17) is 0 Å². The van der Waals surface area contributed by atoms with Crippen LogP contribution in [0, 0.1) is 5.92 Å². The lowest BCUT2D eigenvalue weighted by molar-refractivity contribution is -0.139. The zero-order valence-electron chi connectivity index (χ0n) is 15.3. The summed E-state index contributed by atoms with van der Waals surface area (Å²) in [5.74, 6) is 0.685. The van der Waals surface area contributed by atoms with E-state index in [2.05, 4.69) is 17.1 Å². The van der Waals surface area contributed by atoms with Crippen LogP contribution in [0.2, 0.25) is 0 Å². The summed E-state index contributed by atoms with van der Waals surface area (Å²) in [5.41, 5.74) is 0. The molecule has 0 aromatic carbocycles. The quantitative estimate of drug-likeness (QED) is 0.788. The van der Waals surface area contributed by atoms with Gasteiger partial charge in [0.1, 0.15) is 0 Å². The Morgan fingerprint density at radius 2 is 1.75 bits per heavy atom. The topological polar surface area (TPSA) is 55.9 Å². The Labute approximate surface area is 152 Å². The van der Waals surface area contributed by atoms with Crippen LogP contribution in [-0.4, -0.2) is 84.9 Å². The fourth-order valence-electron chi connectivity index (χ4n) is 3.61. The van der Waals surface area contributed by atoms with Crippen molar-refractivity contribution in [3.05, 3.63) is 0 Å². The molecule has 0 bridgehead atoms. The van der Waals surface area contributed by atoms with E-state index < -0.39 is 0 Å². The summed E-state index contributed by atoms with van der Waals surface area (Å²) in [5, 5.41) is 3.40. The number of piperidine rings is 1. The van der Waals surface area contributed by atoms with Gasteiger partial charge in [-0.05, 0) is 40.2 Å². The maximum absolute atomic E-state index is 12.6. The third-order valence-corrected chi connectivity index (χ3v) is 5.13. The van der Waals surface area contributed by atoms with Crippen LogP contribution < -0.4 is 5.32 Å². The Bertz CT molecular complexity index is 409. The van der Waals surface area contributed by atoms with E-state index in [9.17, 15) is 9.59 Å². The SMILES string of the molecule is CCN(CC)C(=O)CN1CCN(C(=O)[C@H]2CCN[C@@H](C)C2)CC1.Cl. The van der Waals surface area contributed by atoms with Gasteiger partial charge in [0.15, 0.2) is 0 Å². The van der Waals surface area contributed by atoms with E-state index in [1.807, 2.05) is 23.6 Å². The predicted octanol–water partition coefficient (Wildman–Crippen LogP) is 0.809. The summed E-state index contributed by atoms with van der Waals surface area (Å²) >= 11 is 0. The highest BCUT2D eigenvalue weighted by Crippen LogP contribution is 2.19. The van der Waals surface area contributed by atoms with E-state index in [-0.39, 0.29) is 24.2 Å². The lowest BCUT2D eigenvalue weighted by Crippen LogP contribution is -2.53. The van der Waals surface area contributed by atoms with Crippen molar-refractivity contribution in [2.75, 3.05) is 52.4 Å². The second-order valence-electron chi connectivity index (χ2n) is 6.74. The molecule has 140 valence electrons. The average Bonchev–Trinajstić information content (AvgIpc) is 2.56. The third-order valence-electron chi connectivity index (χ3n) is 5.13. The van der Waals surface area contributed by atoms with Crippen molar-refractivity contribution in [2.45, 2.75) is 39.7 Å². The summed E-state index contributed by atoms with van der Waals surface area (Å²) in [4.78, 5) is 30.8. The van der Waals surface area contributed by atoms with Gasteiger partial charge in [0, 0.05) is 51.2 Å². The van der Waals surface area contributed by atoms with Gasteiger partial charge in [-0.25, -0.2) is 0 Å². The molecule has 0 unspecified atom stereocenters. The van der Waals surface area contributed by atoms with Crippen LogP contribution in [0.1, 0.15) is 33.6 Å². The highest BCUT2D eigenvalue weighted by Gasteiger charge is 2.30. The van der Waals surface area contributed by atoms with Gasteiger partial charge in [0.25, 0.3) is 0 Å². The number of carbonyl (C=O) groups excluding carboxylic acids is 2. The van der Waals surface area contributed by atoms with Gasteiger partial charge in [0.2, 0.25) is 11.8 Å². The molecule has 6 nitrogen and oxygen atoms in total. The van der Waals surface area contributed by atoms with E-state index in [1.165, 1.54) is 0 Å². The van der Waals surface area contributed by atoms with E-state index in [0.29, 0.717) is 18.5 Å². The van der Waals surface area contributed by atoms with E-state index in [0.717, 1.165) is 58.7 Å². The second-order valence-corrected chi connectivity index (χ2v) is 6.74. The van der Waals surface area contributed by atoms with Crippen molar-refractivity contribution >= 4 is 24.2 Å². The van der Waals surface area contributed by atoms with Crippen LogP contribution in [-0.2, 0) is 9.59 Å². The van der Waals surface area contributed by atoms with Crippen LogP contribution in [0.15, 0.2) is 0 Å². The maximum atomic E-state index is 12.6. The average molecular weight is 361 g/mol. The van der Waals surface area contributed by atoms with Gasteiger partial charge >= 0.3 is 0 Å². The highest BCUT2D eigenvalue weighted by atomic mass is 35.5. The van der Waals surface area contributed by atoms with Crippen LogP contribution >= 0.6 is 12.4 Å². The molecule has 7 heteroatoms. The molecule has 0 spiro atoms. The molecule has 0 radical (unpaired) electrons. The molecular formula is C17H33ClN4O2. The Balaban J connectivity index is 0.00000288. The number of piperazine rings is 1. The number of likely N-dealkylation sites (N-methyl/N-ethyl adjacent to an activating group) is 1. The van der Waals surface area contributed by atoms with Crippen molar-refractivity contribution in [1.29, 1.82) is 0 Å². The first-order valence-corrected chi connectivity index (χ1v) is 9.07. The molecule has 24 heavy (non-hydrogen) atoms. The maximum Gasteiger partial charge on any atom is 0.236 e. The van der Waals surface area contributed by atoms with Gasteiger partial charge in [0.05, 0.1) is 6.54 Å². The number of hydrogen-bond acceptors (Lipinski definition) is 4. The summed E-state index contributed by atoms with van der Waals surface area (Å²) < 4.78 is 0. The lowest BCUT2D eigenvalue weighted by atomic mass is 9.92. The largest absolute Gasteiger partial charge is 0.342 e. The van der Waals surface area contributed by atoms with Crippen LogP contribution in [0.3, 0.4) is 0 Å². The predicted molar refractivity (Wildman–Crippen MR) is 98.4 cm³/mol. The number of halogens is 1. The molecule has 2 atom stereocenters. The highest BCUT2D eigenvalue weighted by molar-refractivity contribution is 5.85. The van der Waals surface area contributed by atoms with Crippen molar-refractivity contribution in [2.24, 2.45) is 5.92 Å². The summed E-state index contributed by atoms with van der Waals surface area (Å²) in [6, 6.07) is 0.436. The minimum absolute atomic E-state index is 0. The summed E-state index contributed by atoms with van der Waals surface area (Å²) in [6.07, 6.45) is 1.89. The second kappa shape index (κ2) is 10.2. The summed E-state index contributed by atoms with van der Waals surface area (Å²) in [7, 11) is 0. The molecule has 1 N–H and O–H groups in total. The van der Waals surface area contributed by atoms with Gasteiger partial charge in [-0.3, -0.25) is 14.5 Å². The molecule has 2 amide bonds. The van der Waals surface area contributed by atoms with Crippen LogP contribution in [0.25, 0.3) is 0 Å². The Hall–Kier alpha value is -0.850. The number of carbonyl (C=O) groups is 2. The van der Waals surface area contributed by atoms with Crippen LogP contribution in [0.4, 0.5) is 0 Å². The van der Waals surface area contributed by atoms with Crippen LogP contribution in [0.5, 0.6) is 0 Å². The number of hydrogen-bond donors (Lipinski definition) is 1. The molecule has 2 aliphatic rings. The molecule has 2 aliphatic heterocycles. The first-order valence-electron chi connectivity index (χ1n) is 9.07. The fraction of sp³-hybridized carbons (Fsp3) is 0.882. The number of amides is 2. The fourth-order valence-corrected chi connectivity index (χ4v) is 3.61. The third kappa shape index (κ3) is 5.60. The Kier molecular flexibility index (Phi) is 9.02. The number of nitrogens with zero attached hydrogens (tertiary/aromatic N) is 3. The van der Waals surface area contributed by atoms with Crippen molar-refractivity contribution in [3.63, 3.8) is 0 Å². The minimum Gasteiger partial charge on any atom is -0.342 e. The molecule has 0 aromatic heterocycles. The van der Waals surface area contributed by atoms with Gasteiger partial charge in [-0.15, -0.1) is 12.4 Å². The minimum atomic E-state index is 0. The zero-order chi connectivity index (χ0) is 16.8. The van der Waals surface area contributed by atoms with Gasteiger partial charge in [-0.2, -0.15) is 0 Å². The first-order chi connectivity index (χ1) is 11.0. The van der Waals surface area contributed by atoms with E-state index >= 15 is 0 Å². The molecule has 0 aromatic rings. The lowest BCUT2D eigenvalue weighted by Gasteiger charge is -2.38. The molecule has 2 rings (SSSR count). The molecular weight excluding hydrogens is 328 g/mol. The van der Waals surface area contributed by atoms with Crippen molar-refractivity contribution in [3.8, 4) is 0 Å². The molecule has 2 heterocycles. The summed E-state index contributed by atoms with van der Waals surface area (Å²) in [6.45, 7) is 12.2. The van der Waals surface area contributed by atoms with Crippen molar-refractivity contribution in [1.82, 2.24) is 20.0 Å². The normalized spacial score (nSPS) is 25.0. The standard InChI is InChI=1S/C17H32N4O2.ClH/c1-4-20(5-2)16(22)13-19-8-10-21(11-9-19)17(23)15-6-7-18-14(3)12-15;/h14-15,18H,4-13H2,1-3H3;1H/t14-,15-;/m0./s1. The first kappa shape index (κ1) is 21.2. The monoisotopic (exact) mass is 360 g/mol. The zero-order valence-corrected chi connectivity index (χ0v) is 16.1. The van der Waals surface area contributed by atoms with E-state index in [1.54, 1.807) is 0 Å².